The van der Waals surface area contributed by atoms with Gasteiger partial charge < -0.3 is 20.5 Å². The number of rotatable bonds is 7. The van der Waals surface area contributed by atoms with Crippen molar-refractivity contribution in [3.63, 3.8) is 0 Å². The lowest BCUT2D eigenvalue weighted by molar-refractivity contribution is -0.142. The Hall–Kier alpha value is -3.65. The van der Waals surface area contributed by atoms with Gasteiger partial charge in [0.25, 0.3) is 0 Å². The van der Waals surface area contributed by atoms with E-state index < -0.39 is 36.0 Å². The number of carboxylic acids is 1. The van der Waals surface area contributed by atoms with Crippen molar-refractivity contribution in [2.45, 2.75) is 37.3 Å². The minimum Gasteiger partial charge on any atom is -0.481 e. The van der Waals surface area contributed by atoms with Crippen molar-refractivity contribution in [1.29, 1.82) is 0 Å². The van der Waals surface area contributed by atoms with Crippen LogP contribution in [0, 0.1) is 5.92 Å². The van der Waals surface area contributed by atoms with Crippen molar-refractivity contribution in [2.75, 3.05) is 6.61 Å². The van der Waals surface area contributed by atoms with E-state index >= 15 is 0 Å². The average molecular weight is 491 g/mol. The Bertz CT molecular complexity index is 1200. The number of benzene rings is 2. The van der Waals surface area contributed by atoms with Crippen LogP contribution >= 0.6 is 11.3 Å². The fourth-order valence-electron chi connectivity index (χ4n) is 5.17. The molecule has 1 saturated carbocycles. The van der Waals surface area contributed by atoms with Crippen LogP contribution in [0.15, 0.2) is 66.0 Å². The van der Waals surface area contributed by atoms with Crippen LogP contribution in [-0.2, 0) is 14.3 Å². The van der Waals surface area contributed by atoms with Crippen LogP contribution in [-0.4, -0.2) is 35.7 Å². The highest BCUT2D eigenvalue weighted by Gasteiger charge is 2.36. The van der Waals surface area contributed by atoms with Gasteiger partial charge >= 0.3 is 12.1 Å². The average Bonchev–Trinajstić information content (AvgIpc) is 3.61. The molecular formula is C27H26N2O5S. The van der Waals surface area contributed by atoms with Crippen molar-refractivity contribution in [1.82, 2.24) is 10.6 Å². The highest BCUT2D eigenvalue weighted by atomic mass is 32.1. The first-order valence-corrected chi connectivity index (χ1v) is 12.6. The smallest absolute Gasteiger partial charge is 0.408 e. The van der Waals surface area contributed by atoms with Gasteiger partial charge in [-0.3, -0.25) is 9.59 Å². The van der Waals surface area contributed by atoms with E-state index in [0.717, 1.165) is 28.7 Å². The lowest BCUT2D eigenvalue weighted by atomic mass is 9.98. The Balaban J connectivity index is 1.27. The molecule has 0 bridgehead atoms. The minimum atomic E-state index is -0.958. The molecule has 35 heavy (non-hydrogen) atoms. The molecule has 0 aliphatic heterocycles. The van der Waals surface area contributed by atoms with E-state index in [0.29, 0.717) is 17.7 Å². The van der Waals surface area contributed by atoms with Gasteiger partial charge in [0.05, 0.1) is 5.92 Å². The number of carbonyl (C=O) groups is 3. The molecule has 5 rings (SSSR count). The zero-order valence-electron chi connectivity index (χ0n) is 19.0. The number of thiophene rings is 1. The topological polar surface area (TPSA) is 105 Å². The summed E-state index contributed by atoms with van der Waals surface area (Å²) in [5.41, 5.74) is 4.49. The Morgan fingerprint density at radius 2 is 1.66 bits per heavy atom. The number of hydrogen-bond donors (Lipinski definition) is 3. The number of aliphatic carboxylic acids is 1. The van der Waals surface area contributed by atoms with Crippen molar-refractivity contribution in [3.8, 4) is 11.1 Å². The van der Waals surface area contributed by atoms with Gasteiger partial charge in [0.1, 0.15) is 12.6 Å². The van der Waals surface area contributed by atoms with Crippen molar-refractivity contribution >= 4 is 29.3 Å². The molecule has 0 radical (unpaired) electrons. The summed E-state index contributed by atoms with van der Waals surface area (Å²) in [6.45, 7) is 0.141. The molecule has 2 aliphatic carbocycles. The largest absolute Gasteiger partial charge is 0.481 e. The van der Waals surface area contributed by atoms with Crippen molar-refractivity contribution in [2.24, 2.45) is 5.92 Å². The molecular weight excluding hydrogens is 464 g/mol. The predicted octanol–water partition coefficient (Wildman–Crippen LogP) is 4.70. The van der Waals surface area contributed by atoms with E-state index in [2.05, 4.69) is 22.8 Å². The summed E-state index contributed by atoms with van der Waals surface area (Å²) in [7, 11) is 0. The molecule has 0 saturated heterocycles. The Kier molecular flexibility index (Phi) is 6.55. The molecule has 180 valence electrons. The molecule has 3 aromatic rings. The Morgan fingerprint density at radius 1 is 0.971 bits per heavy atom. The van der Waals surface area contributed by atoms with Crippen LogP contribution in [0.3, 0.4) is 0 Å². The molecule has 3 atom stereocenters. The molecule has 2 amide bonds. The van der Waals surface area contributed by atoms with Gasteiger partial charge in [-0.05, 0) is 46.5 Å². The van der Waals surface area contributed by atoms with E-state index in [9.17, 15) is 19.5 Å². The molecule has 1 heterocycles. The van der Waals surface area contributed by atoms with Crippen molar-refractivity contribution < 1.29 is 24.2 Å². The van der Waals surface area contributed by atoms with Crippen LogP contribution in [0.5, 0.6) is 0 Å². The molecule has 2 aliphatic rings. The number of carboxylic acid groups (broad SMARTS) is 1. The van der Waals surface area contributed by atoms with E-state index in [1.165, 1.54) is 11.3 Å². The fraction of sp³-hybridized carbons (Fsp3) is 0.296. The number of hydrogen-bond acceptors (Lipinski definition) is 5. The number of ether oxygens (including phenoxy) is 1. The van der Waals surface area contributed by atoms with Gasteiger partial charge in [0.15, 0.2) is 0 Å². The van der Waals surface area contributed by atoms with Crippen LogP contribution in [0.4, 0.5) is 4.79 Å². The first kappa shape index (κ1) is 23.1. The summed E-state index contributed by atoms with van der Waals surface area (Å²) in [4.78, 5) is 38.1. The number of alkyl carbamates (subject to hydrolysis) is 1. The first-order valence-electron chi connectivity index (χ1n) is 11.7. The lowest BCUT2D eigenvalue weighted by Gasteiger charge is -2.23. The Morgan fingerprint density at radius 3 is 2.29 bits per heavy atom. The maximum atomic E-state index is 13.1. The van der Waals surface area contributed by atoms with E-state index in [1.54, 1.807) is 12.1 Å². The molecule has 1 fully saturated rings. The molecule has 1 unspecified atom stereocenters. The Labute approximate surface area is 207 Å². The summed E-state index contributed by atoms with van der Waals surface area (Å²) >= 11 is 1.34. The molecule has 8 heteroatoms. The SMILES string of the molecule is O=C(NC(C(=O)N[C@@H]1CCC[C@@H]1C(=O)O)c1cccs1)OCC1c2ccccc2-c2ccccc21. The second kappa shape index (κ2) is 9.92. The monoisotopic (exact) mass is 490 g/mol. The van der Waals surface area contributed by atoms with E-state index in [4.69, 9.17) is 4.74 Å². The summed E-state index contributed by atoms with van der Waals surface area (Å²) < 4.78 is 5.63. The van der Waals surface area contributed by atoms with E-state index in [-0.39, 0.29) is 12.5 Å². The second-order valence-corrected chi connectivity index (χ2v) is 9.89. The quantitative estimate of drug-likeness (QED) is 0.445. The fourth-order valence-corrected chi connectivity index (χ4v) is 5.95. The third-order valence-corrected chi connectivity index (χ3v) is 7.79. The first-order chi connectivity index (χ1) is 17.0. The molecule has 2 aromatic carbocycles. The maximum Gasteiger partial charge on any atom is 0.408 e. The van der Waals surface area contributed by atoms with E-state index in [1.807, 2.05) is 41.8 Å². The standard InChI is InChI=1S/C27H26N2O5S/c30-25(28-22-12-5-11-20(22)26(31)32)24(23-13-6-14-35-23)29-27(33)34-15-21-18-9-3-1-7-16(18)17-8-2-4-10-19(17)21/h1-4,6-10,13-14,20-22,24H,5,11-12,15H2,(H,28,30)(H,29,33)(H,31,32)/t20-,22+,24?/m0/s1. The zero-order chi connectivity index (χ0) is 24.4. The van der Waals surface area contributed by atoms with Crippen LogP contribution in [0.1, 0.15) is 47.2 Å². The maximum absolute atomic E-state index is 13.1. The third-order valence-electron chi connectivity index (χ3n) is 6.86. The lowest BCUT2D eigenvalue weighted by Crippen LogP contribution is -2.46. The van der Waals surface area contributed by atoms with Crippen LogP contribution in [0.25, 0.3) is 11.1 Å². The number of amides is 2. The summed E-state index contributed by atoms with van der Waals surface area (Å²) in [5.74, 6) is -2.04. The van der Waals surface area contributed by atoms with Gasteiger partial charge in [0, 0.05) is 16.8 Å². The summed E-state index contributed by atoms with van der Waals surface area (Å²) in [6.07, 6.45) is 1.18. The molecule has 1 aromatic heterocycles. The number of nitrogens with one attached hydrogen (secondary N) is 2. The van der Waals surface area contributed by atoms with Crippen LogP contribution in [0.2, 0.25) is 0 Å². The predicted molar refractivity (Wildman–Crippen MR) is 132 cm³/mol. The van der Waals surface area contributed by atoms with Crippen molar-refractivity contribution in [3.05, 3.63) is 82.0 Å². The van der Waals surface area contributed by atoms with Gasteiger partial charge in [0.2, 0.25) is 5.91 Å². The normalized spacial score (nSPS) is 19.4. The molecule has 0 spiro atoms. The molecule has 3 N–H and O–H groups in total. The highest BCUT2D eigenvalue weighted by Crippen LogP contribution is 2.44. The van der Waals surface area contributed by atoms with Gasteiger partial charge in [-0.25, -0.2) is 4.79 Å². The van der Waals surface area contributed by atoms with Gasteiger partial charge in [-0.1, -0.05) is 61.0 Å². The highest BCUT2D eigenvalue weighted by molar-refractivity contribution is 7.10. The molecule has 7 nitrogen and oxygen atoms in total. The van der Waals surface area contributed by atoms with Gasteiger partial charge in [-0.15, -0.1) is 11.3 Å². The summed E-state index contributed by atoms with van der Waals surface area (Å²) in [5, 5.41) is 16.8. The van der Waals surface area contributed by atoms with Gasteiger partial charge in [-0.2, -0.15) is 0 Å². The number of fused-ring (bicyclic) bond motifs is 3. The second-order valence-electron chi connectivity index (χ2n) is 8.91. The minimum absolute atomic E-state index is 0.0861. The zero-order valence-corrected chi connectivity index (χ0v) is 19.8. The number of carbonyl (C=O) groups excluding carboxylic acids is 2. The summed E-state index contributed by atoms with van der Waals surface area (Å²) in [6, 6.07) is 18.3. The van der Waals surface area contributed by atoms with Crippen LogP contribution < -0.4 is 10.6 Å². The third kappa shape index (κ3) is 4.66.